The normalized spacial score (nSPS) is 14.0. The molecule has 1 aliphatic heterocycles. The van der Waals surface area contributed by atoms with Crippen molar-refractivity contribution >= 4 is 23.3 Å². The lowest BCUT2D eigenvalue weighted by Crippen LogP contribution is -2.48. The van der Waals surface area contributed by atoms with Gasteiger partial charge in [0, 0.05) is 33.1 Å². The van der Waals surface area contributed by atoms with Gasteiger partial charge in [0.2, 0.25) is 5.91 Å². The fourth-order valence-corrected chi connectivity index (χ4v) is 2.89. The van der Waals surface area contributed by atoms with Gasteiger partial charge < -0.3 is 19.9 Å². The number of aromatic nitrogens is 1. The van der Waals surface area contributed by atoms with Crippen molar-refractivity contribution in [1.29, 1.82) is 0 Å². The van der Waals surface area contributed by atoms with E-state index in [0.717, 1.165) is 24.3 Å². The summed E-state index contributed by atoms with van der Waals surface area (Å²) < 4.78 is 5.46. The Balaban J connectivity index is 1.48. The summed E-state index contributed by atoms with van der Waals surface area (Å²) in [4.78, 5) is 31.7. The molecule has 27 heavy (non-hydrogen) atoms. The third-order valence-electron chi connectivity index (χ3n) is 4.50. The van der Waals surface area contributed by atoms with E-state index in [9.17, 15) is 9.59 Å². The van der Waals surface area contributed by atoms with E-state index in [2.05, 4.69) is 15.2 Å². The van der Waals surface area contributed by atoms with E-state index in [1.54, 1.807) is 19.2 Å². The number of piperazine rings is 1. The van der Waals surface area contributed by atoms with Crippen LogP contribution in [0.5, 0.6) is 5.75 Å². The minimum atomic E-state index is -0.258. The van der Waals surface area contributed by atoms with Crippen LogP contribution in [0.3, 0.4) is 0 Å². The van der Waals surface area contributed by atoms with E-state index in [1.165, 1.54) is 0 Å². The quantitative estimate of drug-likeness (QED) is 0.875. The number of hydrogen-bond acceptors (Lipinski definition) is 5. The maximum absolute atomic E-state index is 12.0. The molecule has 2 heterocycles. The molecule has 0 bridgehead atoms. The van der Waals surface area contributed by atoms with E-state index < -0.39 is 0 Å². The van der Waals surface area contributed by atoms with Crippen LogP contribution < -0.4 is 15.0 Å². The predicted octanol–water partition coefficient (Wildman–Crippen LogP) is 2.08. The Labute approximate surface area is 158 Å². The number of ether oxygens (including phenoxy) is 1. The number of anilines is 2. The van der Waals surface area contributed by atoms with Crippen LogP contribution in [-0.2, 0) is 9.59 Å². The van der Waals surface area contributed by atoms with Gasteiger partial charge in [-0.3, -0.25) is 9.59 Å². The third-order valence-corrected chi connectivity index (χ3v) is 4.50. The maximum Gasteiger partial charge on any atom is 0.263 e. The molecule has 2 amide bonds. The van der Waals surface area contributed by atoms with Gasteiger partial charge in [0.1, 0.15) is 11.6 Å². The molecular weight excluding hydrogens is 344 g/mol. The van der Waals surface area contributed by atoms with Crippen LogP contribution in [0.1, 0.15) is 12.5 Å². The van der Waals surface area contributed by atoms with Crippen LogP contribution in [0.15, 0.2) is 42.6 Å². The van der Waals surface area contributed by atoms with Gasteiger partial charge in [-0.2, -0.15) is 0 Å². The summed E-state index contributed by atoms with van der Waals surface area (Å²) in [6.07, 6.45) is 1.74. The first kappa shape index (κ1) is 18.7. The van der Waals surface area contributed by atoms with Crippen LogP contribution in [0.4, 0.5) is 11.5 Å². The van der Waals surface area contributed by atoms with Crippen molar-refractivity contribution in [3.05, 3.63) is 48.2 Å². The van der Waals surface area contributed by atoms with E-state index in [4.69, 9.17) is 4.74 Å². The summed E-state index contributed by atoms with van der Waals surface area (Å²) in [6, 6.07) is 11.2. The molecule has 1 aliphatic rings. The second kappa shape index (κ2) is 8.53. The summed E-state index contributed by atoms with van der Waals surface area (Å²) in [6.45, 7) is 6.49. The number of benzene rings is 1. The number of hydrogen-bond donors (Lipinski definition) is 1. The first-order valence-corrected chi connectivity index (χ1v) is 8.97. The zero-order valence-corrected chi connectivity index (χ0v) is 15.6. The molecular formula is C20H24N4O3. The predicted molar refractivity (Wildman–Crippen MR) is 104 cm³/mol. The zero-order valence-electron chi connectivity index (χ0n) is 15.6. The largest absolute Gasteiger partial charge is 0.484 e. The monoisotopic (exact) mass is 368 g/mol. The van der Waals surface area contributed by atoms with Crippen molar-refractivity contribution in [3.8, 4) is 5.75 Å². The number of pyridine rings is 1. The number of carbonyl (C=O) groups excluding carboxylic acids is 2. The van der Waals surface area contributed by atoms with Crippen molar-refractivity contribution < 1.29 is 14.3 Å². The number of aryl methyl sites for hydroxylation is 1. The van der Waals surface area contributed by atoms with Gasteiger partial charge in [0.05, 0.1) is 11.9 Å². The number of nitrogens with zero attached hydrogens (tertiary/aromatic N) is 3. The summed E-state index contributed by atoms with van der Waals surface area (Å²) >= 11 is 0. The molecule has 0 atom stereocenters. The Bertz CT molecular complexity index is 782. The van der Waals surface area contributed by atoms with Crippen LogP contribution in [0.25, 0.3) is 0 Å². The summed E-state index contributed by atoms with van der Waals surface area (Å²) in [5, 5.41) is 2.73. The first-order valence-electron chi connectivity index (χ1n) is 8.97. The molecule has 1 aromatic heterocycles. The van der Waals surface area contributed by atoms with Crippen molar-refractivity contribution in [2.75, 3.05) is 43.0 Å². The molecule has 142 valence electrons. The Morgan fingerprint density at radius 3 is 2.37 bits per heavy atom. The van der Waals surface area contributed by atoms with Gasteiger partial charge in [0.15, 0.2) is 6.61 Å². The zero-order chi connectivity index (χ0) is 19.2. The van der Waals surface area contributed by atoms with Gasteiger partial charge in [0.25, 0.3) is 5.91 Å². The average molecular weight is 368 g/mol. The summed E-state index contributed by atoms with van der Waals surface area (Å²) in [5.74, 6) is 0.993. The van der Waals surface area contributed by atoms with Gasteiger partial charge >= 0.3 is 0 Å². The topological polar surface area (TPSA) is 74.8 Å². The number of nitrogens with one attached hydrogen (secondary N) is 1. The van der Waals surface area contributed by atoms with Gasteiger partial charge in [-0.05, 0) is 31.2 Å². The fourth-order valence-electron chi connectivity index (χ4n) is 2.89. The Hall–Kier alpha value is -3.09. The van der Waals surface area contributed by atoms with Crippen molar-refractivity contribution in [3.63, 3.8) is 0 Å². The average Bonchev–Trinajstić information content (AvgIpc) is 2.68. The molecule has 1 fully saturated rings. The summed E-state index contributed by atoms with van der Waals surface area (Å²) in [5.41, 5.74) is 2.12. The van der Waals surface area contributed by atoms with Crippen molar-refractivity contribution in [2.24, 2.45) is 0 Å². The minimum absolute atomic E-state index is 0.0699. The highest BCUT2D eigenvalue weighted by Gasteiger charge is 2.19. The van der Waals surface area contributed by atoms with E-state index in [-0.39, 0.29) is 18.4 Å². The standard InChI is InChI=1S/C20H24N4O3/c1-15-3-6-18(7-4-15)27-14-20(26)22-19-8-5-17(13-21-19)24-11-9-23(10-12-24)16(2)25/h3-8,13H,9-12,14H2,1-2H3,(H,21,22,26). The molecule has 7 nitrogen and oxygen atoms in total. The molecule has 0 radical (unpaired) electrons. The number of amides is 2. The molecule has 3 rings (SSSR count). The highest BCUT2D eigenvalue weighted by Crippen LogP contribution is 2.17. The lowest BCUT2D eigenvalue weighted by molar-refractivity contribution is -0.129. The van der Waals surface area contributed by atoms with E-state index >= 15 is 0 Å². The number of rotatable bonds is 5. The smallest absolute Gasteiger partial charge is 0.263 e. The van der Waals surface area contributed by atoms with E-state index in [1.807, 2.05) is 42.2 Å². The second-order valence-electron chi connectivity index (χ2n) is 6.54. The molecule has 0 saturated carbocycles. The first-order chi connectivity index (χ1) is 13.0. The number of carbonyl (C=O) groups is 2. The Morgan fingerprint density at radius 2 is 1.78 bits per heavy atom. The van der Waals surface area contributed by atoms with Gasteiger partial charge in [-0.15, -0.1) is 0 Å². The minimum Gasteiger partial charge on any atom is -0.484 e. The van der Waals surface area contributed by atoms with Crippen LogP contribution in [0, 0.1) is 6.92 Å². The van der Waals surface area contributed by atoms with Crippen LogP contribution >= 0.6 is 0 Å². The fraction of sp³-hybridized carbons (Fsp3) is 0.350. The lowest BCUT2D eigenvalue weighted by Gasteiger charge is -2.35. The Kier molecular flexibility index (Phi) is 5.90. The van der Waals surface area contributed by atoms with Gasteiger partial charge in [-0.1, -0.05) is 17.7 Å². The van der Waals surface area contributed by atoms with Crippen LogP contribution in [0.2, 0.25) is 0 Å². The molecule has 0 unspecified atom stereocenters. The van der Waals surface area contributed by atoms with E-state index in [0.29, 0.717) is 24.7 Å². The molecule has 1 saturated heterocycles. The molecule has 7 heteroatoms. The maximum atomic E-state index is 12.0. The molecule has 0 aliphatic carbocycles. The highest BCUT2D eigenvalue weighted by atomic mass is 16.5. The molecule has 0 spiro atoms. The molecule has 1 aromatic carbocycles. The molecule has 1 N–H and O–H groups in total. The summed E-state index contributed by atoms with van der Waals surface area (Å²) in [7, 11) is 0. The lowest BCUT2D eigenvalue weighted by atomic mass is 10.2. The second-order valence-corrected chi connectivity index (χ2v) is 6.54. The Morgan fingerprint density at radius 1 is 1.07 bits per heavy atom. The van der Waals surface area contributed by atoms with Crippen molar-refractivity contribution in [2.45, 2.75) is 13.8 Å². The highest BCUT2D eigenvalue weighted by molar-refractivity contribution is 5.91. The molecule has 2 aromatic rings. The van der Waals surface area contributed by atoms with Crippen molar-refractivity contribution in [1.82, 2.24) is 9.88 Å². The SMILES string of the molecule is CC(=O)N1CCN(c2ccc(NC(=O)COc3ccc(C)cc3)nc2)CC1. The van der Waals surface area contributed by atoms with Crippen LogP contribution in [-0.4, -0.2) is 54.5 Å². The van der Waals surface area contributed by atoms with Gasteiger partial charge in [-0.25, -0.2) is 4.98 Å². The third kappa shape index (κ3) is 5.20.